The van der Waals surface area contributed by atoms with Crippen LogP contribution >= 0.6 is 0 Å². The van der Waals surface area contributed by atoms with Gasteiger partial charge in [-0.15, -0.1) is 0 Å². The quantitative estimate of drug-likeness (QED) is 0.410. The maximum Gasteiger partial charge on any atom is 0.407 e. The van der Waals surface area contributed by atoms with Crippen LogP contribution in [0.3, 0.4) is 0 Å². The van der Waals surface area contributed by atoms with Crippen molar-refractivity contribution in [2.24, 2.45) is 52.3 Å². The molecule has 4 aliphatic carbocycles. The molecule has 1 amide bonds. The summed E-state index contributed by atoms with van der Waals surface area (Å²) in [7, 11) is 0. The van der Waals surface area contributed by atoms with Crippen molar-refractivity contribution in [3.05, 3.63) is 0 Å². The summed E-state index contributed by atoms with van der Waals surface area (Å²) in [6.45, 7) is 11.6. The molecule has 4 rings (SSSR count). The molecular formula is C29H51NO5. The molecule has 4 fully saturated rings. The maximum absolute atomic E-state index is 11.9. The predicted octanol–water partition coefficient (Wildman–Crippen LogP) is 4.75. The fraction of sp³-hybridized carbons (Fsp3) is 0.966. The predicted molar refractivity (Wildman–Crippen MR) is 137 cm³/mol. The van der Waals surface area contributed by atoms with E-state index in [1.807, 2.05) is 0 Å². The Labute approximate surface area is 212 Å². The molecule has 35 heavy (non-hydrogen) atoms. The zero-order chi connectivity index (χ0) is 25.5. The standard InChI is InChI=1S/C29H51NO5/c1-6-20-24-15-19(32)9-12-29(24,5)23-10-13-28(4)21(7-8-22(28)25(23)26(20)33)17(2)11-14-35-27(34)30-18(3)16-31/h17-26,31-33H,6-16H2,1-5H3,(H,30,34)/t17-,18?,19-,20-,21-,22+,23+,24?,25?,26-,28?,29?/m1/s1. The summed E-state index contributed by atoms with van der Waals surface area (Å²) in [4.78, 5) is 11.9. The minimum atomic E-state index is -0.453. The monoisotopic (exact) mass is 493 g/mol. The second kappa shape index (κ2) is 10.5. The van der Waals surface area contributed by atoms with Crippen LogP contribution in [0.1, 0.15) is 92.4 Å². The average molecular weight is 494 g/mol. The number of rotatable bonds is 7. The SMILES string of the molecule is CC[C@@H]1C2C[C@H](O)CCC2(C)[C@H]2CCC3(C)[C@@H]([C@H](C)CCOC(=O)NC(C)CO)CC[C@H]3C2[C@@H]1O. The lowest BCUT2D eigenvalue weighted by Crippen LogP contribution is -2.62. The third kappa shape index (κ3) is 4.77. The number of ether oxygens (including phenoxy) is 1. The molecule has 12 atom stereocenters. The average Bonchev–Trinajstić information content (AvgIpc) is 3.17. The lowest BCUT2D eigenvalue weighted by Gasteiger charge is -2.64. The smallest absolute Gasteiger partial charge is 0.407 e. The van der Waals surface area contributed by atoms with Gasteiger partial charge in [0.05, 0.1) is 31.5 Å². The van der Waals surface area contributed by atoms with E-state index >= 15 is 0 Å². The third-order valence-electron chi connectivity index (χ3n) is 11.6. The summed E-state index contributed by atoms with van der Waals surface area (Å²) >= 11 is 0. The van der Waals surface area contributed by atoms with Gasteiger partial charge in [0.1, 0.15) is 0 Å². The number of carbonyl (C=O) groups is 1. The Morgan fingerprint density at radius 1 is 1.03 bits per heavy atom. The van der Waals surface area contributed by atoms with Crippen LogP contribution in [0.2, 0.25) is 0 Å². The fourth-order valence-corrected chi connectivity index (χ4v) is 9.76. The maximum atomic E-state index is 11.9. The number of aliphatic hydroxyl groups excluding tert-OH is 3. The largest absolute Gasteiger partial charge is 0.450 e. The Morgan fingerprint density at radius 2 is 1.71 bits per heavy atom. The number of hydrogen-bond acceptors (Lipinski definition) is 5. The van der Waals surface area contributed by atoms with Crippen molar-refractivity contribution in [3.63, 3.8) is 0 Å². The van der Waals surface area contributed by atoms with Crippen molar-refractivity contribution < 1.29 is 24.9 Å². The summed E-state index contributed by atoms with van der Waals surface area (Å²) in [5, 5.41) is 34.0. The van der Waals surface area contributed by atoms with Crippen LogP contribution in [0.5, 0.6) is 0 Å². The molecule has 0 aliphatic heterocycles. The van der Waals surface area contributed by atoms with E-state index in [4.69, 9.17) is 9.84 Å². The molecule has 4 N–H and O–H groups in total. The number of carbonyl (C=O) groups excluding carboxylic acids is 1. The second-order valence-corrected chi connectivity index (χ2v) is 13.3. The Balaban J connectivity index is 1.45. The summed E-state index contributed by atoms with van der Waals surface area (Å²) in [5.74, 6) is 3.26. The van der Waals surface area contributed by atoms with Gasteiger partial charge in [-0.2, -0.15) is 0 Å². The molecule has 4 saturated carbocycles. The van der Waals surface area contributed by atoms with Crippen LogP contribution in [0.25, 0.3) is 0 Å². The van der Waals surface area contributed by atoms with Gasteiger partial charge in [-0.1, -0.05) is 34.1 Å². The summed E-state index contributed by atoms with van der Waals surface area (Å²) in [6.07, 6.45) is 8.60. The van der Waals surface area contributed by atoms with E-state index in [2.05, 4.69) is 33.0 Å². The van der Waals surface area contributed by atoms with Crippen LogP contribution in [-0.4, -0.2) is 52.9 Å². The van der Waals surface area contributed by atoms with Gasteiger partial charge in [-0.05, 0) is 111 Å². The zero-order valence-corrected chi connectivity index (χ0v) is 22.7. The molecule has 0 aromatic heterocycles. The Bertz CT molecular complexity index is 747. The van der Waals surface area contributed by atoms with Crippen molar-refractivity contribution in [1.29, 1.82) is 0 Å². The highest BCUT2D eigenvalue weighted by atomic mass is 16.5. The first-order chi connectivity index (χ1) is 16.6. The molecule has 0 radical (unpaired) electrons. The van der Waals surface area contributed by atoms with Gasteiger partial charge in [0.2, 0.25) is 0 Å². The molecule has 4 aliphatic rings. The molecule has 0 spiro atoms. The van der Waals surface area contributed by atoms with Crippen molar-refractivity contribution in [2.75, 3.05) is 13.2 Å². The van der Waals surface area contributed by atoms with Gasteiger partial charge >= 0.3 is 6.09 Å². The minimum Gasteiger partial charge on any atom is -0.450 e. The molecule has 0 aromatic rings. The summed E-state index contributed by atoms with van der Waals surface area (Å²) in [6, 6.07) is -0.299. The topological polar surface area (TPSA) is 99.0 Å². The highest BCUT2D eigenvalue weighted by Gasteiger charge is 2.64. The highest BCUT2D eigenvalue weighted by molar-refractivity contribution is 5.67. The van der Waals surface area contributed by atoms with Gasteiger partial charge in [0.25, 0.3) is 0 Å². The summed E-state index contributed by atoms with van der Waals surface area (Å²) < 4.78 is 5.40. The number of aliphatic hydroxyl groups is 3. The van der Waals surface area contributed by atoms with Gasteiger partial charge in [0.15, 0.2) is 0 Å². The Kier molecular flexibility index (Phi) is 8.15. The number of nitrogens with one attached hydrogen (secondary N) is 1. The molecule has 0 heterocycles. The van der Waals surface area contributed by atoms with E-state index in [0.29, 0.717) is 48.0 Å². The Morgan fingerprint density at radius 3 is 2.40 bits per heavy atom. The van der Waals surface area contributed by atoms with Crippen molar-refractivity contribution in [3.8, 4) is 0 Å². The van der Waals surface area contributed by atoms with E-state index in [0.717, 1.165) is 32.1 Å². The first-order valence-corrected chi connectivity index (χ1v) is 14.5. The fourth-order valence-electron chi connectivity index (χ4n) is 9.76. The number of alkyl carbamates (subject to hydrolysis) is 1. The van der Waals surface area contributed by atoms with Gasteiger partial charge in [-0.3, -0.25) is 0 Å². The van der Waals surface area contributed by atoms with Crippen LogP contribution in [0, 0.1) is 52.3 Å². The van der Waals surface area contributed by atoms with E-state index in [-0.39, 0.29) is 35.7 Å². The van der Waals surface area contributed by atoms with Gasteiger partial charge in [-0.25, -0.2) is 4.79 Å². The first kappa shape index (κ1) is 27.2. The zero-order valence-electron chi connectivity index (χ0n) is 22.7. The van der Waals surface area contributed by atoms with Crippen LogP contribution in [0.15, 0.2) is 0 Å². The van der Waals surface area contributed by atoms with Crippen LogP contribution < -0.4 is 5.32 Å². The molecule has 0 aromatic carbocycles. The van der Waals surface area contributed by atoms with Crippen molar-refractivity contribution >= 4 is 6.09 Å². The van der Waals surface area contributed by atoms with E-state index in [9.17, 15) is 15.0 Å². The van der Waals surface area contributed by atoms with Crippen LogP contribution in [0.4, 0.5) is 4.79 Å². The Hall–Kier alpha value is -0.850. The first-order valence-electron chi connectivity index (χ1n) is 14.5. The second-order valence-electron chi connectivity index (χ2n) is 13.3. The summed E-state index contributed by atoms with van der Waals surface area (Å²) in [5.41, 5.74) is 0.465. The molecule has 202 valence electrons. The van der Waals surface area contributed by atoms with Crippen molar-refractivity contribution in [2.45, 2.75) is 111 Å². The minimum absolute atomic E-state index is 0.0966. The normalized spacial score (nSPS) is 46.6. The number of fused-ring (bicyclic) bond motifs is 5. The van der Waals surface area contributed by atoms with Gasteiger partial charge < -0.3 is 25.4 Å². The number of amides is 1. The highest BCUT2D eigenvalue weighted by Crippen LogP contribution is 2.69. The molecule has 6 heteroatoms. The number of hydrogen-bond donors (Lipinski definition) is 4. The lowest BCUT2D eigenvalue weighted by molar-refractivity contribution is -0.203. The molecule has 0 saturated heterocycles. The molecular weight excluding hydrogens is 442 g/mol. The van der Waals surface area contributed by atoms with E-state index < -0.39 is 6.09 Å². The molecule has 6 nitrogen and oxygen atoms in total. The van der Waals surface area contributed by atoms with E-state index in [1.54, 1.807) is 6.92 Å². The van der Waals surface area contributed by atoms with Crippen LogP contribution in [-0.2, 0) is 4.74 Å². The lowest BCUT2D eigenvalue weighted by atomic mass is 9.41. The molecule has 5 unspecified atom stereocenters. The van der Waals surface area contributed by atoms with E-state index in [1.165, 1.54) is 25.7 Å². The molecule has 0 bridgehead atoms. The third-order valence-corrected chi connectivity index (χ3v) is 11.6. The van der Waals surface area contributed by atoms with Crippen molar-refractivity contribution in [1.82, 2.24) is 5.32 Å². The van der Waals surface area contributed by atoms with Gasteiger partial charge in [0, 0.05) is 0 Å².